The van der Waals surface area contributed by atoms with Crippen LogP contribution in [-0.2, 0) is 11.3 Å². The van der Waals surface area contributed by atoms with E-state index in [1.807, 2.05) is 6.08 Å². The van der Waals surface area contributed by atoms with Crippen molar-refractivity contribution in [3.8, 4) is 0 Å². The zero-order valence-corrected chi connectivity index (χ0v) is 12.3. The highest BCUT2D eigenvalue weighted by Gasteiger charge is 2.19. The van der Waals surface area contributed by atoms with Gasteiger partial charge in [-0.2, -0.15) is 0 Å². The summed E-state index contributed by atoms with van der Waals surface area (Å²) >= 11 is 0. The number of hydrogen-bond acceptors (Lipinski definition) is 2. The third-order valence-electron chi connectivity index (χ3n) is 3.84. The lowest BCUT2D eigenvalue weighted by Crippen LogP contribution is -2.40. The molecule has 1 atom stereocenters. The first-order valence-corrected chi connectivity index (χ1v) is 7.35. The number of nitrogens with zero attached hydrogens (tertiary/aromatic N) is 1. The fourth-order valence-corrected chi connectivity index (χ4v) is 2.83. The molecule has 108 valence electrons. The normalized spacial score (nSPS) is 19.6. The Morgan fingerprint density at radius 3 is 3.15 bits per heavy atom. The minimum atomic E-state index is 0.0702. The molecule has 3 nitrogen and oxygen atoms in total. The summed E-state index contributed by atoms with van der Waals surface area (Å²) in [4.78, 5) is 13.5. The number of likely N-dealkylation sites (tertiary alicyclic amines) is 1. The smallest absolute Gasteiger partial charge is 0.216 e. The van der Waals surface area contributed by atoms with E-state index in [4.69, 9.17) is 0 Å². The summed E-state index contributed by atoms with van der Waals surface area (Å²) < 4.78 is 0. The van der Waals surface area contributed by atoms with Gasteiger partial charge in [0.15, 0.2) is 0 Å². The average Bonchev–Trinajstić information content (AvgIpc) is 2.46. The van der Waals surface area contributed by atoms with Gasteiger partial charge in [0, 0.05) is 26.6 Å². The molecule has 3 heteroatoms. The van der Waals surface area contributed by atoms with Gasteiger partial charge in [-0.25, -0.2) is 0 Å². The van der Waals surface area contributed by atoms with Gasteiger partial charge in [0.05, 0.1) is 0 Å². The number of hydrogen-bond donors (Lipinski definition) is 1. The molecule has 0 bridgehead atoms. The van der Waals surface area contributed by atoms with Crippen molar-refractivity contribution in [2.45, 2.75) is 26.3 Å². The lowest BCUT2D eigenvalue weighted by molar-refractivity contribution is -0.119. The first kappa shape index (κ1) is 14.8. The quantitative estimate of drug-likeness (QED) is 0.894. The molecule has 2 rings (SSSR count). The molecule has 0 spiro atoms. The minimum Gasteiger partial charge on any atom is -0.356 e. The largest absolute Gasteiger partial charge is 0.356 e. The van der Waals surface area contributed by atoms with E-state index in [9.17, 15) is 4.79 Å². The van der Waals surface area contributed by atoms with Crippen LogP contribution < -0.4 is 5.32 Å². The summed E-state index contributed by atoms with van der Waals surface area (Å²) in [5, 5.41) is 2.94. The van der Waals surface area contributed by atoms with E-state index in [0.29, 0.717) is 5.92 Å². The van der Waals surface area contributed by atoms with Crippen LogP contribution in [0.4, 0.5) is 0 Å². The molecule has 0 unspecified atom stereocenters. The molecule has 1 aromatic carbocycles. The van der Waals surface area contributed by atoms with Crippen LogP contribution in [0.5, 0.6) is 0 Å². The van der Waals surface area contributed by atoms with Crippen molar-refractivity contribution in [2.75, 3.05) is 19.6 Å². The second-order valence-electron chi connectivity index (χ2n) is 5.63. The third-order valence-corrected chi connectivity index (χ3v) is 3.84. The van der Waals surface area contributed by atoms with Gasteiger partial charge in [-0.05, 0) is 36.4 Å². The van der Waals surface area contributed by atoms with E-state index in [2.05, 4.69) is 41.1 Å². The van der Waals surface area contributed by atoms with Crippen molar-refractivity contribution in [2.24, 2.45) is 5.92 Å². The van der Waals surface area contributed by atoms with Crippen LogP contribution in [0.3, 0.4) is 0 Å². The molecule has 1 fully saturated rings. The maximum absolute atomic E-state index is 11.0. The fraction of sp³-hybridized carbons (Fsp3) is 0.471. The van der Waals surface area contributed by atoms with Gasteiger partial charge in [0.1, 0.15) is 0 Å². The molecule has 1 amide bonds. The van der Waals surface area contributed by atoms with Crippen molar-refractivity contribution >= 4 is 12.0 Å². The summed E-state index contributed by atoms with van der Waals surface area (Å²) in [5.74, 6) is 0.649. The van der Waals surface area contributed by atoms with Gasteiger partial charge in [-0.3, -0.25) is 9.69 Å². The molecule has 20 heavy (non-hydrogen) atoms. The Morgan fingerprint density at radius 1 is 1.55 bits per heavy atom. The van der Waals surface area contributed by atoms with Crippen molar-refractivity contribution < 1.29 is 4.79 Å². The van der Waals surface area contributed by atoms with Crippen molar-refractivity contribution in [3.63, 3.8) is 0 Å². The molecule has 1 aliphatic heterocycles. The standard InChI is InChI=1S/C17H24N2O/c1-3-15-6-4-7-16(10-15)12-19-9-5-8-17(13-19)11-18-14(2)20/h3-4,6-7,10,17H,1,5,8-9,11-13H2,2H3,(H,18,20)/t17-/m1/s1. The van der Waals surface area contributed by atoms with E-state index in [1.165, 1.54) is 24.0 Å². The van der Waals surface area contributed by atoms with Gasteiger partial charge < -0.3 is 5.32 Å². The van der Waals surface area contributed by atoms with Gasteiger partial charge in [-0.1, -0.05) is 36.9 Å². The van der Waals surface area contributed by atoms with Crippen LogP contribution in [0.25, 0.3) is 6.08 Å². The highest BCUT2D eigenvalue weighted by molar-refractivity contribution is 5.72. The number of benzene rings is 1. The SMILES string of the molecule is C=Cc1cccc(CN2CCC[C@H](CNC(C)=O)C2)c1. The minimum absolute atomic E-state index is 0.0702. The second kappa shape index (κ2) is 7.25. The average molecular weight is 272 g/mol. The van der Waals surface area contributed by atoms with E-state index in [0.717, 1.165) is 26.2 Å². The van der Waals surface area contributed by atoms with Crippen LogP contribution in [0.1, 0.15) is 30.9 Å². The maximum atomic E-state index is 11.0. The zero-order chi connectivity index (χ0) is 14.4. The van der Waals surface area contributed by atoms with Crippen LogP contribution in [0, 0.1) is 5.92 Å². The molecule has 0 saturated carbocycles. The molecule has 1 aromatic rings. The van der Waals surface area contributed by atoms with Gasteiger partial charge in [0.25, 0.3) is 0 Å². The lowest BCUT2D eigenvalue weighted by Gasteiger charge is -2.32. The summed E-state index contributed by atoms with van der Waals surface area (Å²) in [6.07, 6.45) is 4.31. The van der Waals surface area contributed by atoms with E-state index < -0.39 is 0 Å². The number of nitrogens with one attached hydrogen (secondary N) is 1. The molecule has 0 radical (unpaired) electrons. The number of carbonyl (C=O) groups is 1. The predicted molar refractivity (Wildman–Crippen MR) is 83.2 cm³/mol. The van der Waals surface area contributed by atoms with Crippen LogP contribution in [-0.4, -0.2) is 30.4 Å². The summed E-state index contributed by atoms with van der Waals surface area (Å²) in [6.45, 7) is 9.41. The Kier molecular flexibility index (Phi) is 5.36. The Balaban J connectivity index is 1.88. The number of amides is 1. The Hall–Kier alpha value is -1.61. The highest BCUT2D eigenvalue weighted by Crippen LogP contribution is 2.18. The van der Waals surface area contributed by atoms with Crippen LogP contribution in [0.15, 0.2) is 30.8 Å². The van der Waals surface area contributed by atoms with Crippen molar-refractivity contribution in [1.82, 2.24) is 10.2 Å². The Bertz CT molecular complexity index is 470. The van der Waals surface area contributed by atoms with Gasteiger partial charge in [0.2, 0.25) is 5.91 Å². The molecule has 0 aromatic heterocycles. The van der Waals surface area contributed by atoms with Crippen LogP contribution in [0.2, 0.25) is 0 Å². The number of carbonyl (C=O) groups excluding carboxylic acids is 1. The first-order valence-electron chi connectivity index (χ1n) is 7.35. The molecular formula is C17H24N2O. The Labute approximate surface area is 121 Å². The molecule has 1 saturated heterocycles. The van der Waals surface area contributed by atoms with E-state index in [1.54, 1.807) is 6.92 Å². The molecule has 1 aliphatic rings. The van der Waals surface area contributed by atoms with Crippen molar-refractivity contribution in [3.05, 3.63) is 42.0 Å². The maximum Gasteiger partial charge on any atom is 0.216 e. The number of piperidine rings is 1. The monoisotopic (exact) mass is 272 g/mol. The molecular weight excluding hydrogens is 248 g/mol. The number of rotatable bonds is 5. The van der Waals surface area contributed by atoms with Crippen LogP contribution >= 0.6 is 0 Å². The van der Waals surface area contributed by atoms with Crippen molar-refractivity contribution in [1.29, 1.82) is 0 Å². The highest BCUT2D eigenvalue weighted by atomic mass is 16.1. The second-order valence-corrected chi connectivity index (χ2v) is 5.63. The fourth-order valence-electron chi connectivity index (χ4n) is 2.83. The van der Waals surface area contributed by atoms with Gasteiger partial charge >= 0.3 is 0 Å². The predicted octanol–water partition coefficient (Wildman–Crippen LogP) is 2.68. The van der Waals surface area contributed by atoms with E-state index >= 15 is 0 Å². The molecule has 1 heterocycles. The van der Waals surface area contributed by atoms with E-state index in [-0.39, 0.29) is 5.91 Å². The topological polar surface area (TPSA) is 32.3 Å². The Morgan fingerprint density at radius 2 is 2.40 bits per heavy atom. The summed E-state index contributed by atoms with van der Waals surface area (Å²) in [5.41, 5.74) is 2.51. The molecule has 1 N–H and O–H groups in total. The third kappa shape index (κ3) is 4.49. The summed E-state index contributed by atoms with van der Waals surface area (Å²) in [6, 6.07) is 8.53. The van der Waals surface area contributed by atoms with Gasteiger partial charge in [-0.15, -0.1) is 0 Å². The summed E-state index contributed by atoms with van der Waals surface area (Å²) in [7, 11) is 0. The zero-order valence-electron chi connectivity index (χ0n) is 12.3. The lowest BCUT2D eigenvalue weighted by atomic mass is 9.97. The first-order chi connectivity index (χ1) is 9.67. The molecule has 0 aliphatic carbocycles.